The number of nitrogens with zero attached hydrogens (tertiary/aromatic N) is 2. The third-order valence-electron chi connectivity index (χ3n) is 5.91. The molecule has 0 unspecified atom stereocenters. The topological polar surface area (TPSA) is 109 Å². The minimum atomic E-state index is -1.62. The molecule has 4 rings (SSSR count). The summed E-state index contributed by atoms with van der Waals surface area (Å²) in [5, 5.41) is 12.4. The van der Waals surface area contributed by atoms with Crippen LogP contribution in [0.25, 0.3) is 0 Å². The van der Waals surface area contributed by atoms with Crippen molar-refractivity contribution in [3.63, 3.8) is 0 Å². The Hall–Kier alpha value is -4.90. The van der Waals surface area contributed by atoms with Gasteiger partial charge in [0.25, 0.3) is 5.91 Å². The number of rotatable bonds is 8. The number of pyridine rings is 1. The molecular formula is C28H19ClF3N3O5. The van der Waals surface area contributed by atoms with E-state index in [1.54, 1.807) is 25.2 Å². The van der Waals surface area contributed by atoms with E-state index in [-0.39, 0.29) is 16.9 Å². The quantitative estimate of drug-likeness (QED) is 0.195. The van der Waals surface area contributed by atoms with Crippen LogP contribution in [-0.2, 0) is 0 Å². The first-order valence-electron chi connectivity index (χ1n) is 11.4. The highest BCUT2D eigenvalue weighted by atomic mass is 35.5. The fourth-order valence-electron chi connectivity index (χ4n) is 3.77. The van der Waals surface area contributed by atoms with E-state index >= 15 is 0 Å². The van der Waals surface area contributed by atoms with Crippen molar-refractivity contribution < 1.29 is 37.4 Å². The summed E-state index contributed by atoms with van der Waals surface area (Å²) >= 11 is 5.93. The molecule has 204 valence electrons. The number of carboxylic acid groups (broad SMARTS) is 1. The van der Waals surface area contributed by atoms with E-state index in [2.05, 4.69) is 15.0 Å². The normalized spacial score (nSPS) is 10.7. The van der Waals surface area contributed by atoms with Crippen molar-refractivity contribution in [3.8, 4) is 5.75 Å². The van der Waals surface area contributed by atoms with Crippen LogP contribution in [-0.4, -0.2) is 41.9 Å². The first-order chi connectivity index (χ1) is 19.0. The summed E-state index contributed by atoms with van der Waals surface area (Å²) in [5.41, 5.74) is -0.266. The molecule has 1 aromatic heterocycles. The van der Waals surface area contributed by atoms with E-state index in [9.17, 15) is 32.7 Å². The van der Waals surface area contributed by atoms with Crippen molar-refractivity contribution in [2.24, 2.45) is 0 Å². The molecule has 0 bridgehead atoms. The largest absolute Gasteiger partial charge is 0.491 e. The number of carbonyl (C=O) groups excluding carboxylic acids is 2. The fourth-order valence-corrected chi connectivity index (χ4v) is 3.89. The third-order valence-corrected chi connectivity index (χ3v) is 6.16. The minimum absolute atomic E-state index is 0.0253. The van der Waals surface area contributed by atoms with Crippen molar-refractivity contribution in [2.75, 3.05) is 24.4 Å². The van der Waals surface area contributed by atoms with Gasteiger partial charge in [-0.2, -0.15) is 4.39 Å². The van der Waals surface area contributed by atoms with Crippen molar-refractivity contribution in [3.05, 3.63) is 112 Å². The molecule has 0 aliphatic carbocycles. The Morgan fingerprint density at radius 1 is 0.925 bits per heavy atom. The summed E-state index contributed by atoms with van der Waals surface area (Å²) in [7, 11) is 2.69. The van der Waals surface area contributed by atoms with E-state index in [4.69, 9.17) is 11.6 Å². The predicted molar refractivity (Wildman–Crippen MR) is 141 cm³/mol. The number of hydrogen-bond acceptors (Lipinski definition) is 6. The Morgan fingerprint density at radius 3 is 2.20 bits per heavy atom. The van der Waals surface area contributed by atoms with Gasteiger partial charge < -0.3 is 20.1 Å². The molecule has 1 amide bonds. The number of aromatic carboxylic acids is 1. The molecule has 0 saturated carbocycles. The van der Waals surface area contributed by atoms with Gasteiger partial charge in [0.2, 0.25) is 11.6 Å². The standard InChI is InChI=1S/C28H19ClF3N3O5/c1-35(16-6-4-15(29)5-7-16)17-8-10-22(33-13-17)25(36)14-3-9-21(18(11-14)28(38)39)34-27(37)19-12-20(30)24(32)26(40-2)23(19)31/h3-13H,1-2H3,(H,34,37)(H,38,39). The number of ketones is 1. The summed E-state index contributed by atoms with van der Waals surface area (Å²) < 4.78 is 46.5. The molecular weight excluding hydrogens is 551 g/mol. The van der Waals surface area contributed by atoms with Crippen LogP contribution in [0, 0.1) is 17.5 Å². The lowest BCUT2D eigenvalue weighted by atomic mass is 10.0. The summed E-state index contributed by atoms with van der Waals surface area (Å²) in [5.74, 6) is -9.12. The second kappa shape index (κ2) is 11.5. The zero-order valence-corrected chi connectivity index (χ0v) is 21.6. The Morgan fingerprint density at radius 2 is 1.60 bits per heavy atom. The van der Waals surface area contributed by atoms with E-state index in [0.717, 1.165) is 24.9 Å². The van der Waals surface area contributed by atoms with E-state index in [1.807, 2.05) is 17.0 Å². The Balaban J connectivity index is 1.58. The van der Waals surface area contributed by atoms with E-state index < -0.39 is 52.0 Å². The number of carboxylic acids is 1. The number of aromatic nitrogens is 1. The maximum Gasteiger partial charge on any atom is 0.337 e. The number of halogens is 4. The number of amides is 1. The predicted octanol–water partition coefficient (Wildman–Crippen LogP) is 6.11. The van der Waals surface area contributed by atoms with Gasteiger partial charge in [0, 0.05) is 23.3 Å². The second-order valence-corrected chi connectivity index (χ2v) is 8.79. The Kier molecular flexibility index (Phi) is 8.05. The lowest BCUT2D eigenvalue weighted by Crippen LogP contribution is -2.18. The molecule has 0 radical (unpaired) electrons. The SMILES string of the molecule is COc1c(F)c(F)cc(C(=O)Nc2ccc(C(=O)c3ccc(N(C)c4ccc(Cl)cc4)cn3)cc2C(=O)O)c1F. The molecule has 40 heavy (non-hydrogen) atoms. The maximum absolute atomic E-state index is 14.5. The Bertz CT molecular complexity index is 1630. The highest BCUT2D eigenvalue weighted by Crippen LogP contribution is 2.29. The van der Waals surface area contributed by atoms with Crippen LogP contribution in [0.1, 0.15) is 36.8 Å². The molecule has 8 nitrogen and oxygen atoms in total. The highest BCUT2D eigenvalue weighted by Gasteiger charge is 2.25. The van der Waals surface area contributed by atoms with Gasteiger partial charge in [-0.3, -0.25) is 14.6 Å². The summed E-state index contributed by atoms with van der Waals surface area (Å²) in [4.78, 5) is 43.6. The fraction of sp³-hybridized carbons (Fsp3) is 0.0714. The van der Waals surface area contributed by atoms with Gasteiger partial charge in [0.05, 0.1) is 35.8 Å². The number of methoxy groups -OCH3 is 1. The molecule has 1 heterocycles. The number of benzene rings is 3. The lowest BCUT2D eigenvalue weighted by Gasteiger charge is -2.19. The van der Waals surface area contributed by atoms with Crippen LogP contribution in [0.2, 0.25) is 5.02 Å². The zero-order chi connectivity index (χ0) is 29.1. The monoisotopic (exact) mass is 569 g/mol. The Labute approximate surface area is 230 Å². The third kappa shape index (κ3) is 5.59. The average molecular weight is 570 g/mol. The molecule has 4 aromatic rings. The van der Waals surface area contributed by atoms with Gasteiger partial charge in [-0.05, 0) is 60.7 Å². The van der Waals surface area contributed by atoms with Crippen LogP contribution in [0.15, 0.2) is 66.9 Å². The zero-order valence-electron chi connectivity index (χ0n) is 20.8. The molecule has 0 aliphatic rings. The van der Waals surface area contributed by atoms with Gasteiger partial charge >= 0.3 is 5.97 Å². The van der Waals surface area contributed by atoms with Gasteiger partial charge in [-0.1, -0.05) is 11.6 Å². The first kappa shape index (κ1) is 28.1. The lowest BCUT2D eigenvalue weighted by molar-refractivity contribution is 0.0698. The molecule has 0 fully saturated rings. The van der Waals surface area contributed by atoms with Crippen molar-refractivity contribution in [2.45, 2.75) is 0 Å². The molecule has 0 aliphatic heterocycles. The van der Waals surface area contributed by atoms with Crippen LogP contribution in [0.3, 0.4) is 0 Å². The average Bonchev–Trinajstić information content (AvgIpc) is 2.95. The number of hydrogen-bond donors (Lipinski definition) is 2. The maximum atomic E-state index is 14.5. The summed E-state index contributed by atoms with van der Waals surface area (Å²) in [6, 6.07) is 13.9. The number of carbonyl (C=O) groups is 3. The van der Waals surface area contributed by atoms with E-state index in [0.29, 0.717) is 16.8 Å². The summed E-state index contributed by atoms with van der Waals surface area (Å²) in [6.07, 6.45) is 1.47. The van der Waals surface area contributed by atoms with Crippen molar-refractivity contribution in [1.82, 2.24) is 4.98 Å². The van der Waals surface area contributed by atoms with Gasteiger partial charge in [0.1, 0.15) is 5.69 Å². The van der Waals surface area contributed by atoms with Crippen LogP contribution in [0.5, 0.6) is 5.75 Å². The van der Waals surface area contributed by atoms with Gasteiger partial charge in [-0.25, -0.2) is 13.6 Å². The number of nitrogens with one attached hydrogen (secondary N) is 1. The van der Waals surface area contributed by atoms with Crippen molar-refractivity contribution in [1.29, 1.82) is 0 Å². The van der Waals surface area contributed by atoms with Crippen LogP contribution >= 0.6 is 11.6 Å². The smallest absolute Gasteiger partial charge is 0.337 e. The molecule has 0 atom stereocenters. The highest BCUT2D eigenvalue weighted by molar-refractivity contribution is 6.30. The molecule has 12 heteroatoms. The van der Waals surface area contributed by atoms with E-state index in [1.165, 1.54) is 18.3 Å². The molecule has 0 spiro atoms. The van der Waals surface area contributed by atoms with Crippen LogP contribution < -0.4 is 15.0 Å². The summed E-state index contributed by atoms with van der Waals surface area (Å²) in [6.45, 7) is 0. The van der Waals surface area contributed by atoms with Crippen molar-refractivity contribution >= 4 is 46.3 Å². The minimum Gasteiger partial charge on any atom is -0.491 e. The van der Waals surface area contributed by atoms with Gasteiger partial charge in [-0.15, -0.1) is 0 Å². The number of ether oxygens (including phenoxy) is 1. The molecule has 0 saturated heterocycles. The van der Waals surface area contributed by atoms with Crippen LogP contribution in [0.4, 0.5) is 30.2 Å². The van der Waals surface area contributed by atoms with Gasteiger partial charge in [0.15, 0.2) is 17.4 Å². The molecule has 3 aromatic carbocycles. The number of anilines is 3. The second-order valence-electron chi connectivity index (χ2n) is 8.35. The molecule has 2 N–H and O–H groups in total. The first-order valence-corrected chi connectivity index (χ1v) is 11.8.